The SMILES string of the molecule is CCN(CC)c1ccc([N+](=O)[O-])cc1C(=O)N1CCc2c(sc3ccc(Cl)cc23)C1. The summed E-state index contributed by atoms with van der Waals surface area (Å²) >= 11 is 7.85. The number of nitro groups is 1. The van der Waals surface area contributed by atoms with Gasteiger partial charge in [0.1, 0.15) is 0 Å². The number of hydrogen-bond acceptors (Lipinski definition) is 5. The summed E-state index contributed by atoms with van der Waals surface area (Å²) in [5, 5.41) is 13.2. The fraction of sp³-hybridized carbons (Fsp3) is 0.318. The molecule has 2 aromatic carbocycles. The van der Waals surface area contributed by atoms with E-state index in [1.54, 1.807) is 22.3 Å². The molecule has 4 rings (SSSR count). The molecule has 1 amide bonds. The largest absolute Gasteiger partial charge is 0.371 e. The summed E-state index contributed by atoms with van der Waals surface area (Å²) in [6.45, 7) is 6.53. The van der Waals surface area contributed by atoms with Gasteiger partial charge in [-0.1, -0.05) is 11.6 Å². The fourth-order valence-corrected chi connectivity index (χ4v) is 5.49. The number of amides is 1. The quantitative estimate of drug-likeness (QED) is 0.385. The van der Waals surface area contributed by atoms with Gasteiger partial charge in [0.15, 0.2) is 0 Å². The summed E-state index contributed by atoms with van der Waals surface area (Å²) in [5.41, 5.74) is 2.32. The van der Waals surface area contributed by atoms with Crippen LogP contribution in [0.25, 0.3) is 10.1 Å². The lowest BCUT2D eigenvalue weighted by molar-refractivity contribution is -0.384. The van der Waals surface area contributed by atoms with Gasteiger partial charge in [-0.05, 0) is 55.5 Å². The van der Waals surface area contributed by atoms with E-state index in [0.717, 1.165) is 40.2 Å². The lowest BCUT2D eigenvalue weighted by Gasteiger charge is -2.30. The van der Waals surface area contributed by atoms with E-state index < -0.39 is 4.92 Å². The normalized spacial score (nSPS) is 13.4. The van der Waals surface area contributed by atoms with E-state index in [0.29, 0.717) is 23.7 Å². The van der Waals surface area contributed by atoms with Crippen molar-refractivity contribution in [2.75, 3.05) is 24.5 Å². The molecule has 0 N–H and O–H groups in total. The van der Waals surface area contributed by atoms with Crippen molar-refractivity contribution in [1.29, 1.82) is 0 Å². The first kappa shape index (κ1) is 20.6. The summed E-state index contributed by atoms with van der Waals surface area (Å²) in [4.78, 5) is 29.3. The molecule has 0 saturated heterocycles. The van der Waals surface area contributed by atoms with Crippen LogP contribution in [0.2, 0.25) is 5.02 Å². The lowest BCUT2D eigenvalue weighted by Crippen LogP contribution is -2.36. The molecule has 1 aromatic heterocycles. The zero-order chi connectivity index (χ0) is 21.4. The average Bonchev–Trinajstić information content (AvgIpc) is 3.11. The third-order valence-electron chi connectivity index (χ3n) is 5.62. The molecule has 0 saturated carbocycles. The molecule has 0 spiro atoms. The average molecular weight is 444 g/mol. The standard InChI is InChI=1S/C22H22ClN3O3S/c1-3-24(4-2)19-7-6-15(26(28)29)12-18(19)22(27)25-10-9-16-17-11-14(23)5-8-20(17)30-21(16)13-25/h5-8,11-12H,3-4,9-10,13H2,1-2H3. The number of carbonyl (C=O) groups is 1. The Labute approximate surface area is 183 Å². The second kappa shape index (κ2) is 8.24. The molecule has 0 radical (unpaired) electrons. The number of nitrogens with zero attached hydrogens (tertiary/aromatic N) is 3. The van der Waals surface area contributed by atoms with Crippen LogP contribution in [-0.2, 0) is 13.0 Å². The van der Waals surface area contributed by atoms with Crippen molar-refractivity contribution in [2.24, 2.45) is 0 Å². The molecule has 8 heteroatoms. The van der Waals surface area contributed by atoms with E-state index in [4.69, 9.17) is 11.6 Å². The van der Waals surface area contributed by atoms with Crippen molar-refractivity contribution in [3.8, 4) is 0 Å². The first-order valence-electron chi connectivity index (χ1n) is 9.95. The van der Waals surface area contributed by atoms with Crippen LogP contribution in [0.3, 0.4) is 0 Å². The molecule has 3 aromatic rings. The van der Waals surface area contributed by atoms with Crippen LogP contribution in [0.1, 0.15) is 34.6 Å². The third-order valence-corrected chi connectivity index (χ3v) is 7.05. The maximum atomic E-state index is 13.5. The molecular formula is C22H22ClN3O3S. The predicted octanol–water partition coefficient (Wildman–Crippen LogP) is 5.51. The Bertz CT molecular complexity index is 1140. The minimum absolute atomic E-state index is 0.0662. The van der Waals surface area contributed by atoms with Gasteiger partial charge in [0.25, 0.3) is 11.6 Å². The first-order valence-corrected chi connectivity index (χ1v) is 11.1. The van der Waals surface area contributed by atoms with Crippen molar-refractivity contribution in [3.05, 3.63) is 67.5 Å². The highest BCUT2D eigenvalue weighted by Crippen LogP contribution is 2.37. The Balaban J connectivity index is 1.70. The summed E-state index contributed by atoms with van der Waals surface area (Å²) in [7, 11) is 0. The predicted molar refractivity (Wildman–Crippen MR) is 122 cm³/mol. The molecule has 0 atom stereocenters. The van der Waals surface area contributed by atoms with E-state index >= 15 is 0 Å². The van der Waals surface area contributed by atoms with Crippen LogP contribution in [-0.4, -0.2) is 35.4 Å². The number of halogens is 1. The van der Waals surface area contributed by atoms with Crippen molar-refractivity contribution < 1.29 is 9.72 Å². The highest BCUT2D eigenvalue weighted by molar-refractivity contribution is 7.19. The van der Waals surface area contributed by atoms with Crippen LogP contribution in [0.5, 0.6) is 0 Å². The molecule has 0 bridgehead atoms. The van der Waals surface area contributed by atoms with Gasteiger partial charge in [0, 0.05) is 46.4 Å². The first-order chi connectivity index (χ1) is 14.4. The molecule has 2 heterocycles. The van der Waals surface area contributed by atoms with Gasteiger partial charge >= 0.3 is 0 Å². The molecule has 156 valence electrons. The van der Waals surface area contributed by atoms with E-state index in [2.05, 4.69) is 0 Å². The second-order valence-electron chi connectivity index (χ2n) is 7.25. The molecule has 1 aliphatic rings. The van der Waals surface area contributed by atoms with E-state index in [9.17, 15) is 14.9 Å². The Kier molecular flexibility index (Phi) is 5.66. The topological polar surface area (TPSA) is 66.7 Å². The van der Waals surface area contributed by atoms with E-state index in [1.165, 1.54) is 17.7 Å². The van der Waals surface area contributed by atoms with Crippen LogP contribution >= 0.6 is 22.9 Å². The maximum absolute atomic E-state index is 13.5. The third kappa shape index (κ3) is 3.63. The van der Waals surface area contributed by atoms with E-state index in [1.807, 2.05) is 36.9 Å². The zero-order valence-corrected chi connectivity index (χ0v) is 18.4. The van der Waals surface area contributed by atoms with Crippen molar-refractivity contribution in [1.82, 2.24) is 4.90 Å². The van der Waals surface area contributed by atoms with Crippen LogP contribution < -0.4 is 4.90 Å². The highest BCUT2D eigenvalue weighted by Gasteiger charge is 2.28. The minimum Gasteiger partial charge on any atom is -0.371 e. The Morgan fingerprint density at radius 2 is 2.00 bits per heavy atom. The van der Waals surface area contributed by atoms with Gasteiger partial charge in [0.2, 0.25) is 0 Å². The molecule has 30 heavy (non-hydrogen) atoms. The molecule has 0 aliphatic carbocycles. The lowest BCUT2D eigenvalue weighted by atomic mass is 10.0. The number of fused-ring (bicyclic) bond motifs is 3. The monoisotopic (exact) mass is 443 g/mol. The van der Waals surface area contributed by atoms with Crippen LogP contribution in [0.4, 0.5) is 11.4 Å². The zero-order valence-electron chi connectivity index (χ0n) is 16.9. The highest BCUT2D eigenvalue weighted by atomic mass is 35.5. The van der Waals surface area contributed by atoms with Crippen molar-refractivity contribution in [3.63, 3.8) is 0 Å². The number of rotatable bonds is 5. The van der Waals surface area contributed by atoms with Gasteiger partial charge in [0.05, 0.1) is 22.7 Å². The van der Waals surface area contributed by atoms with Crippen LogP contribution in [0.15, 0.2) is 36.4 Å². The number of thiophene rings is 1. The molecular weight excluding hydrogens is 422 g/mol. The number of benzene rings is 2. The van der Waals surface area contributed by atoms with E-state index in [-0.39, 0.29) is 11.6 Å². The number of carbonyl (C=O) groups excluding carboxylic acids is 1. The minimum atomic E-state index is -0.452. The van der Waals surface area contributed by atoms with Crippen molar-refractivity contribution in [2.45, 2.75) is 26.8 Å². The number of non-ortho nitro benzene ring substituents is 1. The fourth-order valence-electron chi connectivity index (χ4n) is 4.07. The number of nitro benzene ring substituents is 1. The van der Waals surface area contributed by atoms with Gasteiger partial charge in [-0.25, -0.2) is 0 Å². The Hall–Kier alpha value is -2.64. The summed E-state index contributed by atoms with van der Waals surface area (Å²) in [6.07, 6.45) is 0.747. The van der Waals surface area contributed by atoms with Crippen molar-refractivity contribution >= 4 is 50.3 Å². The Morgan fingerprint density at radius 1 is 1.23 bits per heavy atom. The number of anilines is 1. The summed E-state index contributed by atoms with van der Waals surface area (Å²) in [5.74, 6) is -0.165. The molecule has 6 nitrogen and oxygen atoms in total. The van der Waals surface area contributed by atoms with Gasteiger partial charge in [-0.15, -0.1) is 11.3 Å². The second-order valence-corrected chi connectivity index (χ2v) is 8.83. The number of hydrogen-bond donors (Lipinski definition) is 0. The summed E-state index contributed by atoms with van der Waals surface area (Å²) < 4.78 is 1.16. The summed E-state index contributed by atoms with van der Waals surface area (Å²) in [6, 6.07) is 10.5. The Morgan fingerprint density at radius 3 is 2.70 bits per heavy atom. The smallest absolute Gasteiger partial charge is 0.270 e. The maximum Gasteiger partial charge on any atom is 0.270 e. The van der Waals surface area contributed by atoms with Gasteiger partial charge < -0.3 is 9.80 Å². The molecule has 0 unspecified atom stereocenters. The van der Waals surface area contributed by atoms with Crippen LogP contribution in [0, 0.1) is 10.1 Å². The molecule has 0 fully saturated rings. The van der Waals surface area contributed by atoms with Gasteiger partial charge in [-0.2, -0.15) is 0 Å². The molecule has 1 aliphatic heterocycles. The van der Waals surface area contributed by atoms with Gasteiger partial charge in [-0.3, -0.25) is 14.9 Å².